The molecular weight excluding hydrogens is 278 g/mol. The van der Waals surface area contributed by atoms with Gasteiger partial charge in [-0.2, -0.15) is 0 Å². The van der Waals surface area contributed by atoms with Gasteiger partial charge in [-0.3, -0.25) is 4.79 Å². The number of carbonyl (C=O) groups is 2. The van der Waals surface area contributed by atoms with E-state index >= 15 is 0 Å². The van der Waals surface area contributed by atoms with Crippen LogP contribution < -0.4 is 0 Å². The van der Waals surface area contributed by atoms with Gasteiger partial charge in [0, 0.05) is 18.7 Å². The number of aryl methyl sites for hydroxylation is 1. The number of phenols is 1. The molecule has 6 heteroatoms. The van der Waals surface area contributed by atoms with Crippen molar-refractivity contribution in [1.82, 2.24) is 4.90 Å². The quantitative estimate of drug-likeness (QED) is 0.851. The summed E-state index contributed by atoms with van der Waals surface area (Å²) in [5.41, 5.74) is 0.903. The van der Waals surface area contributed by atoms with Crippen molar-refractivity contribution in [3.8, 4) is 5.75 Å². The van der Waals surface area contributed by atoms with E-state index in [4.69, 9.17) is 4.74 Å². The molecule has 1 heterocycles. The highest BCUT2D eigenvalue weighted by atomic mass is 32.2. The van der Waals surface area contributed by atoms with E-state index < -0.39 is 5.37 Å². The second-order valence-corrected chi connectivity index (χ2v) is 5.69. The van der Waals surface area contributed by atoms with Gasteiger partial charge in [-0.25, -0.2) is 4.79 Å². The third kappa shape index (κ3) is 3.45. The molecule has 1 aromatic carbocycles. The van der Waals surface area contributed by atoms with Crippen LogP contribution in [-0.2, 0) is 20.7 Å². The molecule has 0 saturated carbocycles. The van der Waals surface area contributed by atoms with Crippen LogP contribution in [0.5, 0.6) is 5.75 Å². The molecule has 1 amide bonds. The van der Waals surface area contributed by atoms with Crippen LogP contribution in [0.2, 0.25) is 0 Å². The zero-order chi connectivity index (χ0) is 14.5. The number of esters is 1. The maximum atomic E-state index is 12.2. The molecule has 20 heavy (non-hydrogen) atoms. The lowest BCUT2D eigenvalue weighted by Crippen LogP contribution is -2.40. The van der Waals surface area contributed by atoms with Crippen LogP contribution in [0.25, 0.3) is 0 Å². The first kappa shape index (κ1) is 14.7. The van der Waals surface area contributed by atoms with E-state index in [0.717, 1.165) is 11.3 Å². The minimum Gasteiger partial charge on any atom is -0.508 e. The fourth-order valence-electron chi connectivity index (χ4n) is 2.13. The zero-order valence-electron chi connectivity index (χ0n) is 11.2. The summed E-state index contributed by atoms with van der Waals surface area (Å²) in [6.45, 7) is 0.573. The number of aromatic hydroxyl groups is 1. The van der Waals surface area contributed by atoms with Crippen LogP contribution in [0.4, 0.5) is 0 Å². The first-order chi connectivity index (χ1) is 9.61. The van der Waals surface area contributed by atoms with Crippen LogP contribution in [-0.4, -0.2) is 46.7 Å². The Bertz CT molecular complexity index is 506. The molecule has 0 radical (unpaired) electrons. The molecule has 1 atom stereocenters. The molecule has 1 aliphatic rings. The van der Waals surface area contributed by atoms with Gasteiger partial charge in [0.2, 0.25) is 5.91 Å². The van der Waals surface area contributed by atoms with E-state index in [1.807, 2.05) is 6.07 Å². The fourth-order valence-corrected chi connectivity index (χ4v) is 3.29. The van der Waals surface area contributed by atoms with Gasteiger partial charge in [0.05, 0.1) is 7.11 Å². The third-order valence-corrected chi connectivity index (χ3v) is 4.33. The van der Waals surface area contributed by atoms with Crippen molar-refractivity contribution in [3.63, 3.8) is 0 Å². The molecule has 0 spiro atoms. The SMILES string of the molecule is COC(=O)C1SCCN1C(=O)CCc1cccc(O)c1. The number of methoxy groups -OCH3 is 1. The monoisotopic (exact) mass is 295 g/mol. The number of nitrogens with zero attached hydrogens (tertiary/aromatic N) is 1. The summed E-state index contributed by atoms with van der Waals surface area (Å²) >= 11 is 1.43. The van der Waals surface area contributed by atoms with Gasteiger partial charge >= 0.3 is 5.97 Å². The summed E-state index contributed by atoms with van der Waals surface area (Å²) < 4.78 is 4.71. The Balaban J connectivity index is 1.93. The first-order valence-corrected chi connectivity index (χ1v) is 7.43. The van der Waals surface area contributed by atoms with E-state index in [1.54, 1.807) is 23.1 Å². The van der Waals surface area contributed by atoms with E-state index in [-0.39, 0.29) is 17.6 Å². The largest absolute Gasteiger partial charge is 0.508 e. The number of phenolic OH excluding ortho intramolecular Hbond substituents is 1. The predicted molar refractivity (Wildman–Crippen MR) is 76.4 cm³/mol. The molecule has 1 N–H and O–H groups in total. The molecule has 1 fully saturated rings. The summed E-state index contributed by atoms with van der Waals surface area (Å²) in [7, 11) is 1.33. The normalized spacial score (nSPS) is 18.1. The number of rotatable bonds is 4. The molecule has 1 unspecified atom stereocenters. The molecule has 0 aliphatic carbocycles. The van der Waals surface area contributed by atoms with Gasteiger partial charge in [-0.1, -0.05) is 12.1 Å². The summed E-state index contributed by atoms with van der Waals surface area (Å²) in [5, 5.41) is 8.86. The molecule has 0 aromatic heterocycles. The van der Waals surface area contributed by atoms with Crippen molar-refractivity contribution in [2.45, 2.75) is 18.2 Å². The van der Waals surface area contributed by atoms with Gasteiger partial charge in [0.25, 0.3) is 0 Å². The molecule has 5 nitrogen and oxygen atoms in total. The Labute approximate surface area is 121 Å². The number of thioether (sulfide) groups is 1. The third-order valence-electron chi connectivity index (χ3n) is 3.15. The van der Waals surface area contributed by atoms with Crippen molar-refractivity contribution in [1.29, 1.82) is 0 Å². The van der Waals surface area contributed by atoms with E-state index in [9.17, 15) is 14.7 Å². The number of benzene rings is 1. The highest BCUT2D eigenvalue weighted by Gasteiger charge is 2.35. The molecule has 1 saturated heterocycles. The molecule has 108 valence electrons. The van der Waals surface area contributed by atoms with Crippen molar-refractivity contribution < 1.29 is 19.4 Å². The minimum absolute atomic E-state index is 0.0613. The Morgan fingerprint density at radius 2 is 2.30 bits per heavy atom. The Hall–Kier alpha value is -1.69. The highest BCUT2D eigenvalue weighted by Crippen LogP contribution is 2.25. The second-order valence-electron chi connectivity index (χ2n) is 4.50. The second kappa shape index (κ2) is 6.65. The maximum Gasteiger partial charge on any atom is 0.339 e. The molecule has 0 bridgehead atoms. The number of carbonyl (C=O) groups excluding carboxylic acids is 2. The molecular formula is C14H17NO4S. The lowest BCUT2D eigenvalue weighted by atomic mass is 10.1. The van der Waals surface area contributed by atoms with Crippen molar-refractivity contribution in [2.24, 2.45) is 0 Å². The number of hydrogen-bond donors (Lipinski definition) is 1. The van der Waals surface area contributed by atoms with Crippen LogP contribution in [0.15, 0.2) is 24.3 Å². The summed E-state index contributed by atoms with van der Waals surface area (Å²) in [6.07, 6.45) is 0.861. The van der Waals surface area contributed by atoms with E-state index in [1.165, 1.54) is 18.9 Å². The number of amides is 1. The average molecular weight is 295 g/mol. The van der Waals surface area contributed by atoms with E-state index in [2.05, 4.69) is 0 Å². The Morgan fingerprint density at radius 3 is 3.00 bits per heavy atom. The smallest absolute Gasteiger partial charge is 0.339 e. The van der Waals surface area contributed by atoms with Gasteiger partial charge in [0.1, 0.15) is 5.75 Å². The summed E-state index contributed by atoms with van der Waals surface area (Å²) in [6, 6.07) is 6.85. The molecule has 1 aromatic rings. The topological polar surface area (TPSA) is 66.8 Å². The van der Waals surface area contributed by atoms with Crippen LogP contribution >= 0.6 is 11.8 Å². The number of ether oxygens (including phenoxy) is 1. The maximum absolute atomic E-state index is 12.2. The van der Waals surface area contributed by atoms with Gasteiger partial charge in [-0.05, 0) is 24.1 Å². The van der Waals surface area contributed by atoms with Gasteiger partial charge in [0.15, 0.2) is 5.37 Å². The van der Waals surface area contributed by atoms with Crippen LogP contribution in [0.3, 0.4) is 0 Å². The predicted octanol–water partition coefficient (Wildman–Crippen LogP) is 1.40. The average Bonchev–Trinajstić information content (AvgIpc) is 2.93. The molecule has 2 rings (SSSR count). The Kier molecular flexibility index (Phi) is 4.89. The standard InChI is InChI=1S/C14H17NO4S/c1-19-14(18)13-15(7-8-20-13)12(17)6-5-10-3-2-4-11(16)9-10/h2-4,9,13,16H,5-8H2,1H3. The molecule has 1 aliphatic heterocycles. The lowest BCUT2D eigenvalue weighted by molar-refractivity contribution is -0.148. The Morgan fingerprint density at radius 1 is 1.50 bits per heavy atom. The van der Waals surface area contributed by atoms with Crippen LogP contribution in [0.1, 0.15) is 12.0 Å². The highest BCUT2D eigenvalue weighted by molar-refractivity contribution is 8.00. The van der Waals surface area contributed by atoms with Gasteiger partial charge < -0.3 is 14.7 Å². The van der Waals surface area contributed by atoms with Crippen molar-refractivity contribution in [2.75, 3.05) is 19.4 Å². The van der Waals surface area contributed by atoms with Crippen molar-refractivity contribution in [3.05, 3.63) is 29.8 Å². The van der Waals surface area contributed by atoms with Gasteiger partial charge in [-0.15, -0.1) is 11.8 Å². The summed E-state index contributed by atoms with van der Waals surface area (Å²) in [4.78, 5) is 25.3. The van der Waals surface area contributed by atoms with Crippen LogP contribution in [0, 0.1) is 0 Å². The van der Waals surface area contributed by atoms with E-state index in [0.29, 0.717) is 19.4 Å². The number of hydrogen-bond acceptors (Lipinski definition) is 5. The first-order valence-electron chi connectivity index (χ1n) is 6.38. The fraction of sp³-hybridized carbons (Fsp3) is 0.429. The minimum atomic E-state index is -0.517. The van der Waals surface area contributed by atoms with Crippen molar-refractivity contribution >= 4 is 23.6 Å². The summed E-state index contributed by atoms with van der Waals surface area (Å²) in [5.74, 6) is 0.503. The zero-order valence-corrected chi connectivity index (χ0v) is 12.1. The lowest BCUT2D eigenvalue weighted by Gasteiger charge is -2.21.